The molecule has 3 aromatic carbocycles. The second-order valence-electron chi connectivity index (χ2n) is 4.82. The Labute approximate surface area is 121 Å². The van der Waals surface area contributed by atoms with Crippen LogP contribution in [-0.2, 0) is 0 Å². The van der Waals surface area contributed by atoms with Gasteiger partial charge in [0.05, 0.1) is 0 Å². The molecule has 0 aliphatic rings. The molecule has 0 fully saturated rings. The van der Waals surface area contributed by atoms with Crippen LogP contribution in [0.4, 0.5) is 0 Å². The van der Waals surface area contributed by atoms with E-state index in [9.17, 15) is 0 Å². The van der Waals surface area contributed by atoms with Gasteiger partial charge in [-0.3, -0.25) is 0 Å². The van der Waals surface area contributed by atoms with Crippen molar-refractivity contribution in [3.63, 3.8) is 0 Å². The molecular formula is C18H12N2O. The van der Waals surface area contributed by atoms with E-state index in [1.807, 2.05) is 36.4 Å². The van der Waals surface area contributed by atoms with E-state index in [4.69, 9.17) is 4.42 Å². The zero-order valence-corrected chi connectivity index (χ0v) is 11.2. The molecule has 0 N–H and O–H groups in total. The smallest absolute Gasteiger partial charge is 0.248 e. The number of rotatable bonds is 2. The summed E-state index contributed by atoms with van der Waals surface area (Å²) in [7, 11) is 0. The number of nitrogens with zero attached hydrogens (tertiary/aromatic N) is 2. The largest absolute Gasteiger partial charge is 0.423 e. The number of aromatic nitrogens is 2. The number of fused-ring (bicyclic) bond motifs is 1. The van der Waals surface area contributed by atoms with Gasteiger partial charge in [-0.1, -0.05) is 60.7 Å². The van der Waals surface area contributed by atoms with Crippen LogP contribution in [0.1, 0.15) is 0 Å². The Morgan fingerprint density at radius 1 is 0.762 bits per heavy atom. The predicted molar refractivity (Wildman–Crippen MR) is 82.7 cm³/mol. The Morgan fingerprint density at radius 2 is 1.57 bits per heavy atom. The predicted octanol–water partition coefficient (Wildman–Crippen LogP) is 4.56. The quantitative estimate of drug-likeness (QED) is 0.537. The summed E-state index contributed by atoms with van der Waals surface area (Å²) in [5.41, 5.74) is 3.22. The van der Waals surface area contributed by atoms with E-state index in [1.54, 1.807) is 0 Å². The molecule has 0 atom stereocenters. The highest BCUT2D eigenvalue weighted by molar-refractivity contribution is 6.03. The lowest BCUT2D eigenvalue weighted by Crippen LogP contribution is -1.88. The first-order chi connectivity index (χ1) is 10.4. The van der Waals surface area contributed by atoms with Gasteiger partial charge in [0.15, 0.2) is 0 Å². The highest BCUT2D eigenvalue weighted by Gasteiger charge is 2.14. The van der Waals surface area contributed by atoms with Gasteiger partial charge in [0.25, 0.3) is 0 Å². The Balaban J connectivity index is 2.11. The molecule has 0 aliphatic carbocycles. The van der Waals surface area contributed by atoms with Gasteiger partial charge in [0.1, 0.15) is 0 Å². The van der Waals surface area contributed by atoms with Crippen molar-refractivity contribution in [1.29, 1.82) is 0 Å². The average Bonchev–Trinajstić information content (AvgIpc) is 3.09. The minimum Gasteiger partial charge on any atom is -0.423 e. The van der Waals surface area contributed by atoms with Gasteiger partial charge < -0.3 is 4.42 Å². The van der Waals surface area contributed by atoms with E-state index < -0.39 is 0 Å². The molecule has 0 bridgehead atoms. The van der Waals surface area contributed by atoms with Gasteiger partial charge >= 0.3 is 0 Å². The zero-order chi connectivity index (χ0) is 14.1. The lowest BCUT2D eigenvalue weighted by molar-refractivity contribution is 0.569. The molecule has 0 amide bonds. The third-order valence-corrected chi connectivity index (χ3v) is 3.58. The highest BCUT2D eigenvalue weighted by atomic mass is 16.4. The summed E-state index contributed by atoms with van der Waals surface area (Å²) in [5.74, 6) is 0.541. The van der Waals surface area contributed by atoms with Crippen LogP contribution in [0.25, 0.3) is 33.4 Å². The third-order valence-electron chi connectivity index (χ3n) is 3.58. The van der Waals surface area contributed by atoms with E-state index in [1.165, 1.54) is 17.2 Å². The van der Waals surface area contributed by atoms with Crippen LogP contribution in [-0.4, -0.2) is 10.2 Å². The van der Waals surface area contributed by atoms with Crippen LogP contribution in [0.15, 0.2) is 77.5 Å². The fourth-order valence-electron chi connectivity index (χ4n) is 2.66. The second-order valence-corrected chi connectivity index (χ2v) is 4.82. The minimum atomic E-state index is 0.541. The topological polar surface area (TPSA) is 38.9 Å². The van der Waals surface area contributed by atoms with Gasteiger partial charge in [-0.25, -0.2) is 0 Å². The third kappa shape index (κ3) is 1.99. The standard InChI is InChI=1S/C18H12N2O/c1-2-7-14(8-3-1)17-15-9-5-4-6-13(15)10-11-16(17)18-20-19-12-21-18/h1-12H. The first-order valence-electron chi connectivity index (χ1n) is 6.77. The van der Waals surface area contributed by atoms with Crippen molar-refractivity contribution >= 4 is 10.8 Å². The first-order valence-corrected chi connectivity index (χ1v) is 6.77. The molecule has 3 nitrogen and oxygen atoms in total. The maximum Gasteiger partial charge on any atom is 0.248 e. The first kappa shape index (κ1) is 11.9. The van der Waals surface area contributed by atoms with E-state index in [0.29, 0.717) is 5.89 Å². The SMILES string of the molecule is c1ccc(-c2c(-c3nnco3)ccc3ccccc23)cc1. The Hall–Kier alpha value is -2.94. The van der Waals surface area contributed by atoms with Crippen molar-refractivity contribution in [2.24, 2.45) is 0 Å². The highest BCUT2D eigenvalue weighted by Crippen LogP contribution is 2.37. The molecule has 3 heteroatoms. The average molecular weight is 272 g/mol. The van der Waals surface area contributed by atoms with E-state index in [2.05, 4.69) is 40.5 Å². The summed E-state index contributed by atoms with van der Waals surface area (Å²) < 4.78 is 5.41. The van der Waals surface area contributed by atoms with Gasteiger partial charge in [-0.15, -0.1) is 10.2 Å². The van der Waals surface area contributed by atoms with Gasteiger partial charge in [-0.05, 0) is 22.4 Å². The van der Waals surface area contributed by atoms with Gasteiger partial charge in [-0.2, -0.15) is 0 Å². The molecule has 0 saturated carbocycles. The second kappa shape index (κ2) is 4.87. The van der Waals surface area contributed by atoms with Crippen molar-refractivity contribution in [3.05, 3.63) is 73.1 Å². The Morgan fingerprint density at radius 3 is 2.38 bits per heavy atom. The lowest BCUT2D eigenvalue weighted by Gasteiger charge is -2.11. The van der Waals surface area contributed by atoms with Crippen molar-refractivity contribution in [1.82, 2.24) is 10.2 Å². The lowest BCUT2D eigenvalue weighted by atomic mass is 9.93. The van der Waals surface area contributed by atoms with Crippen molar-refractivity contribution < 1.29 is 4.42 Å². The van der Waals surface area contributed by atoms with Gasteiger partial charge in [0.2, 0.25) is 12.3 Å². The van der Waals surface area contributed by atoms with Crippen LogP contribution in [0.2, 0.25) is 0 Å². The molecule has 1 heterocycles. The summed E-state index contributed by atoms with van der Waals surface area (Å²) in [6, 6.07) is 22.7. The normalized spacial score (nSPS) is 10.9. The Kier molecular flexibility index (Phi) is 2.75. The van der Waals surface area contributed by atoms with E-state index >= 15 is 0 Å². The monoisotopic (exact) mass is 272 g/mol. The fourth-order valence-corrected chi connectivity index (χ4v) is 2.66. The maximum absolute atomic E-state index is 5.41. The molecule has 1 aromatic heterocycles. The van der Waals surface area contributed by atoms with E-state index in [0.717, 1.165) is 16.7 Å². The summed E-state index contributed by atoms with van der Waals surface area (Å²) >= 11 is 0. The molecule has 4 aromatic rings. The van der Waals surface area contributed by atoms with Crippen LogP contribution < -0.4 is 0 Å². The van der Waals surface area contributed by atoms with Crippen molar-refractivity contribution in [2.45, 2.75) is 0 Å². The Bertz CT molecular complexity index is 884. The molecule has 0 unspecified atom stereocenters. The summed E-state index contributed by atoms with van der Waals surface area (Å²) in [5, 5.41) is 10.2. The zero-order valence-electron chi connectivity index (χ0n) is 11.2. The number of hydrogen-bond donors (Lipinski definition) is 0. The van der Waals surface area contributed by atoms with Crippen LogP contribution >= 0.6 is 0 Å². The summed E-state index contributed by atoms with van der Waals surface area (Å²) in [6.07, 6.45) is 1.36. The van der Waals surface area contributed by atoms with E-state index in [-0.39, 0.29) is 0 Å². The number of hydrogen-bond acceptors (Lipinski definition) is 3. The molecule has 0 radical (unpaired) electrons. The van der Waals surface area contributed by atoms with Crippen molar-refractivity contribution in [2.75, 3.05) is 0 Å². The van der Waals surface area contributed by atoms with Crippen LogP contribution in [0.5, 0.6) is 0 Å². The summed E-state index contributed by atoms with van der Waals surface area (Å²) in [4.78, 5) is 0. The molecule has 0 saturated heterocycles. The van der Waals surface area contributed by atoms with Gasteiger partial charge in [0, 0.05) is 11.1 Å². The molecule has 4 rings (SSSR count). The van der Waals surface area contributed by atoms with Crippen LogP contribution in [0.3, 0.4) is 0 Å². The molecule has 21 heavy (non-hydrogen) atoms. The molecule has 0 aliphatic heterocycles. The summed E-state index contributed by atoms with van der Waals surface area (Å²) in [6.45, 7) is 0. The molecular weight excluding hydrogens is 260 g/mol. The van der Waals surface area contributed by atoms with Crippen LogP contribution in [0, 0.1) is 0 Å². The molecule has 0 spiro atoms. The number of benzene rings is 3. The van der Waals surface area contributed by atoms with Crippen molar-refractivity contribution in [3.8, 4) is 22.6 Å². The fraction of sp³-hybridized carbons (Fsp3) is 0. The minimum absolute atomic E-state index is 0.541. The molecule has 100 valence electrons. The maximum atomic E-state index is 5.41.